The van der Waals surface area contributed by atoms with Gasteiger partial charge in [-0.3, -0.25) is 9.78 Å². The second-order valence-corrected chi connectivity index (χ2v) is 4.17. The maximum Gasteiger partial charge on any atom is 0.309 e. The molecular formula is C13H9ClFNO2. The maximum atomic E-state index is 13.6. The summed E-state index contributed by atoms with van der Waals surface area (Å²) in [5, 5.41) is 8.94. The fourth-order valence-electron chi connectivity index (χ4n) is 1.57. The molecule has 0 aliphatic carbocycles. The van der Waals surface area contributed by atoms with Crippen LogP contribution in [0.3, 0.4) is 0 Å². The van der Waals surface area contributed by atoms with Crippen LogP contribution in [0.2, 0.25) is 5.02 Å². The number of halogens is 2. The molecule has 1 aromatic carbocycles. The highest BCUT2D eigenvalue weighted by Crippen LogP contribution is 2.24. The molecule has 5 heteroatoms. The fraction of sp³-hybridized carbons (Fsp3) is 0.0769. The molecule has 1 N–H and O–H groups in total. The third-order valence-corrected chi connectivity index (χ3v) is 2.63. The van der Waals surface area contributed by atoms with Crippen molar-refractivity contribution in [3.05, 3.63) is 53.1 Å². The van der Waals surface area contributed by atoms with E-state index < -0.39 is 11.8 Å². The minimum Gasteiger partial charge on any atom is -0.481 e. The lowest BCUT2D eigenvalue weighted by Crippen LogP contribution is -2.01. The normalized spacial score (nSPS) is 10.3. The van der Waals surface area contributed by atoms with Crippen molar-refractivity contribution in [1.29, 1.82) is 0 Å². The van der Waals surface area contributed by atoms with Crippen molar-refractivity contribution in [3.63, 3.8) is 0 Å². The summed E-state index contributed by atoms with van der Waals surface area (Å²) in [5.41, 5.74) is 1.40. The van der Waals surface area contributed by atoms with Crippen LogP contribution >= 0.6 is 11.6 Å². The Balaban J connectivity index is 2.31. The van der Waals surface area contributed by atoms with Crippen LogP contribution in [0.5, 0.6) is 0 Å². The van der Waals surface area contributed by atoms with Gasteiger partial charge in [0.1, 0.15) is 5.82 Å². The van der Waals surface area contributed by atoms with Crippen LogP contribution in [0, 0.1) is 5.82 Å². The molecule has 0 spiro atoms. The van der Waals surface area contributed by atoms with E-state index in [1.807, 2.05) is 0 Å². The Morgan fingerprint density at radius 1 is 1.33 bits per heavy atom. The van der Waals surface area contributed by atoms with Crippen LogP contribution in [-0.4, -0.2) is 16.1 Å². The number of aliphatic carboxylic acids is 1. The monoisotopic (exact) mass is 265 g/mol. The summed E-state index contributed by atoms with van der Waals surface area (Å²) in [7, 11) is 0. The molecule has 1 heterocycles. The predicted octanol–water partition coefficient (Wildman–Crippen LogP) is 3.17. The van der Waals surface area contributed by atoms with E-state index in [1.165, 1.54) is 12.3 Å². The van der Waals surface area contributed by atoms with Crippen molar-refractivity contribution < 1.29 is 14.3 Å². The Kier molecular flexibility index (Phi) is 3.58. The molecule has 0 bridgehead atoms. The first kappa shape index (κ1) is 12.5. The van der Waals surface area contributed by atoms with E-state index in [-0.39, 0.29) is 6.42 Å². The SMILES string of the molecule is O=C(O)Cc1ccc(-c2ccc(Cl)cc2F)cn1. The van der Waals surface area contributed by atoms with Gasteiger partial charge in [-0.1, -0.05) is 17.7 Å². The molecule has 18 heavy (non-hydrogen) atoms. The summed E-state index contributed by atoms with van der Waals surface area (Å²) in [5.74, 6) is -1.39. The van der Waals surface area contributed by atoms with Gasteiger partial charge in [0, 0.05) is 22.3 Å². The molecule has 0 aliphatic heterocycles. The van der Waals surface area contributed by atoms with Gasteiger partial charge in [0.05, 0.1) is 12.1 Å². The topological polar surface area (TPSA) is 50.2 Å². The highest BCUT2D eigenvalue weighted by atomic mass is 35.5. The van der Waals surface area contributed by atoms with E-state index in [2.05, 4.69) is 4.98 Å². The fourth-order valence-corrected chi connectivity index (χ4v) is 1.73. The maximum absolute atomic E-state index is 13.6. The molecule has 92 valence electrons. The zero-order valence-electron chi connectivity index (χ0n) is 9.23. The van der Waals surface area contributed by atoms with Crippen LogP contribution in [0.25, 0.3) is 11.1 Å². The molecule has 0 unspecified atom stereocenters. The van der Waals surface area contributed by atoms with Crippen LogP contribution in [0.1, 0.15) is 5.69 Å². The van der Waals surface area contributed by atoms with E-state index in [4.69, 9.17) is 16.7 Å². The van der Waals surface area contributed by atoms with Gasteiger partial charge < -0.3 is 5.11 Å². The molecule has 0 amide bonds. The summed E-state index contributed by atoms with van der Waals surface area (Å²) >= 11 is 5.67. The number of benzene rings is 1. The summed E-state index contributed by atoms with van der Waals surface area (Å²) in [6.45, 7) is 0. The van der Waals surface area contributed by atoms with E-state index in [0.717, 1.165) is 0 Å². The molecular weight excluding hydrogens is 257 g/mol. The van der Waals surface area contributed by atoms with Crippen molar-refractivity contribution in [2.75, 3.05) is 0 Å². The van der Waals surface area contributed by atoms with Gasteiger partial charge in [0.15, 0.2) is 0 Å². The van der Waals surface area contributed by atoms with Crippen LogP contribution < -0.4 is 0 Å². The van der Waals surface area contributed by atoms with Crippen molar-refractivity contribution >= 4 is 17.6 Å². The first-order chi connectivity index (χ1) is 8.56. The lowest BCUT2D eigenvalue weighted by Gasteiger charge is -2.04. The van der Waals surface area contributed by atoms with E-state index >= 15 is 0 Å². The van der Waals surface area contributed by atoms with E-state index in [1.54, 1.807) is 24.3 Å². The van der Waals surface area contributed by atoms with Gasteiger partial charge in [-0.25, -0.2) is 4.39 Å². The Labute approximate surface area is 108 Å². The minimum atomic E-state index is -0.951. The van der Waals surface area contributed by atoms with Gasteiger partial charge in [-0.05, 0) is 24.3 Å². The summed E-state index contributed by atoms with van der Waals surface area (Å²) in [6.07, 6.45) is 1.30. The Hall–Kier alpha value is -1.94. The molecule has 0 saturated carbocycles. The molecule has 0 fully saturated rings. The molecule has 3 nitrogen and oxygen atoms in total. The summed E-state index contributed by atoms with van der Waals surface area (Å²) in [6, 6.07) is 7.58. The van der Waals surface area contributed by atoms with Crippen molar-refractivity contribution in [2.24, 2.45) is 0 Å². The van der Waals surface area contributed by atoms with Crippen molar-refractivity contribution in [1.82, 2.24) is 4.98 Å². The van der Waals surface area contributed by atoms with Crippen molar-refractivity contribution in [2.45, 2.75) is 6.42 Å². The molecule has 0 radical (unpaired) electrons. The number of hydrogen-bond donors (Lipinski definition) is 1. The molecule has 0 atom stereocenters. The Morgan fingerprint density at radius 3 is 2.67 bits per heavy atom. The van der Waals surface area contributed by atoms with Gasteiger partial charge in [0.2, 0.25) is 0 Å². The van der Waals surface area contributed by atoms with Crippen molar-refractivity contribution in [3.8, 4) is 11.1 Å². The lowest BCUT2D eigenvalue weighted by atomic mass is 10.1. The zero-order valence-corrected chi connectivity index (χ0v) is 9.99. The number of carboxylic acids is 1. The zero-order chi connectivity index (χ0) is 13.1. The smallest absolute Gasteiger partial charge is 0.309 e. The molecule has 2 rings (SSSR count). The number of hydrogen-bond acceptors (Lipinski definition) is 2. The second-order valence-electron chi connectivity index (χ2n) is 3.73. The van der Waals surface area contributed by atoms with Crippen LogP contribution in [-0.2, 0) is 11.2 Å². The number of carboxylic acid groups (broad SMARTS) is 1. The summed E-state index contributed by atoms with van der Waals surface area (Å²) in [4.78, 5) is 14.5. The molecule has 0 saturated heterocycles. The average Bonchev–Trinajstić information content (AvgIpc) is 2.30. The molecule has 2 aromatic rings. The number of rotatable bonds is 3. The van der Waals surface area contributed by atoms with E-state index in [0.29, 0.717) is 21.8 Å². The Morgan fingerprint density at radius 2 is 2.11 bits per heavy atom. The first-order valence-corrected chi connectivity index (χ1v) is 5.56. The van der Waals surface area contributed by atoms with Gasteiger partial charge >= 0.3 is 5.97 Å². The van der Waals surface area contributed by atoms with Gasteiger partial charge in [0.25, 0.3) is 0 Å². The Bertz CT molecular complexity index is 584. The summed E-state index contributed by atoms with van der Waals surface area (Å²) < 4.78 is 13.6. The minimum absolute atomic E-state index is 0.149. The second kappa shape index (κ2) is 5.14. The number of nitrogens with zero attached hydrogens (tertiary/aromatic N) is 1. The third kappa shape index (κ3) is 2.84. The van der Waals surface area contributed by atoms with Gasteiger partial charge in [-0.15, -0.1) is 0 Å². The highest BCUT2D eigenvalue weighted by Gasteiger charge is 2.07. The average molecular weight is 266 g/mol. The van der Waals surface area contributed by atoms with Crippen LogP contribution in [0.15, 0.2) is 36.5 Å². The van der Waals surface area contributed by atoms with Crippen LogP contribution in [0.4, 0.5) is 4.39 Å². The lowest BCUT2D eigenvalue weighted by molar-refractivity contribution is -0.136. The van der Waals surface area contributed by atoms with Gasteiger partial charge in [-0.2, -0.15) is 0 Å². The quantitative estimate of drug-likeness (QED) is 0.927. The predicted molar refractivity (Wildman–Crippen MR) is 66.0 cm³/mol. The standard InChI is InChI=1S/C13H9ClFNO2/c14-9-2-4-11(12(15)5-9)8-1-3-10(16-7-8)6-13(17)18/h1-5,7H,6H2,(H,17,18). The highest BCUT2D eigenvalue weighted by molar-refractivity contribution is 6.30. The number of carbonyl (C=O) groups is 1. The number of pyridine rings is 1. The molecule has 1 aromatic heterocycles. The largest absolute Gasteiger partial charge is 0.481 e. The molecule has 0 aliphatic rings. The van der Waals surface area contributed by atoms with E-state index in [9.17, 15) is 9.18 Å². The number of aromatic nitrogens is 1. The third-order valence-electron chi connectivity index (χ3n) is 2.40. The first-order valence-electron chi connectivity index (χ1n) is 5.18.